The van der Waals surface area contributed by atoms with Crippen LogP contribution in [-0.2, 0) is 0 Å². The third-order valence-electron chi connectivity index (χ3n) is 4.02. The molecule has 0 aliphatic carbocycles. The zero-order valence-electron chi connectivity index (χ0n) is 11.8. The minimum atomic E-state index is -0.356. The third-order valence-corrected chi connectivity index (χ3v) is 4.31. The van der Waals surface area contributed by atoms with Crippen molar-refractivity contribution in [3.63, 3.8) is 0 Å². The number of nitrogens with one attached hydrogen (secondary N) is 1. The highest BCUT2D eigenvalue weighted by molar-refractivity contribution is 6.30. The number of hydrogen-bond donors (Lipinski definition) is 1. The van der Waals surface area contributed by atoms with Crippen molar-refractivity contribution < 1.29 is 4.39 Å². The molecular formula is C15H22ClFN2. The largest absolute Gasteiger partial charge is 0.307 e. The molecule has 3 unspecified atom stereocenters. The van der Waals surface area contributed by atoms with Crippen LogP contribution in [0, 0.1) is 11.7 Å². The van der Waals surface area contributed by atoms with E-state index in [0.717, 1.165) is 25.1 Å². The van der Waals surface area contributed by atoms with Gasteiger partial charge in [-0.05, 0) is 50.6 Å². The first-order chi connectivity index (χ1) is 8.97. The van der Waals surface area contributed by atoms with Crippen LogP contribution in [0.5, 0.6) is 0 Å². The van der Waals surface area contributed by atoms with E-state index in [-0.39, 0.29) is 16.9 Å². The second-order valence-corrected chi connectivity index (χ2v) is 6.10. The molecule has 1 fully saturated rings. The molecule has 106 valence electrons. The van der Waals surface area contributed by atoms with Gasteiger partial charge in [-0.3, -0.25) is 0 Å². The highest BCUT2D eigenvalue weighted by Crippen LogP contribution is 2.23. The summed E-state index contributed by atoms with van der Waals surface area (Å²) < 4.78 is 13.2. The molecule has 0 aromatic heterocycles. The zero-order valence-corrected chi connectivity index (χ0v) is 12.5. The fourth-order valence-electron chi connectivity index (χ4n) is 2.80. The van der Waals surface area contributed by atoms with Crippen molar-refractivity contribution in [2.75, 3.05) is 20.1 Å². The Balaban J connectivity index is 2.00. The fraction of sp³-hybridized carbons (Fsp3) is 0.600. The van der Waals surface area contributed by atoms with Gasteiger partial charge in [0.05, 0.1) is 5.02 Å². The van der Waals surface area contributed by atoms with Gasteiger partial charge in [-0.25, -0.2) is 4.39 Å². The lowest BCUT2D eigenvalue weighted by Gasteiger charge is -2.37. The van der Waals surface area contributed by atoms with Gasteiger partial charge in [0.15, 0.2) is 0 Å². The molecule has 1 saturated heterocycles. The summed E-state index contributed by atoms with van der Waals surface area (Å²) in [4.78, 5) is 2.36. The monoisotopic (exact) mass is 284 g/mol. The molecule has 1 heterocycles. The normalized spacial score (nSPS) is 26.4. The predicted octanol–water partition coefficient (Wildman–Crippen LogP) is 3.47. The van der Waals surface area contributed by atoms with Crippen LogP contribution < -0.4 is 5.32 Å². The van der Waals surface area contributed by atoms with Crippen LogP contribution >= 0.6 is 11.6 Å². The van der Waals surface area contributed by atoms with Crippen molar-refractivity contribution in [3.8, 4) is 0 Å². The van der Waals surface area contributed by atoms with Gasteiger partial charge in [0.25, 0.3) is 0 Å². The smallest absolute Gasteiger partial charge is 0.141 e. The molecule has 1 aliphatic rings. The standard InChI is InChI=1S/C15H22ClFN2/c1-10-9-19(3)7-6-15(10)18-11(2)12-4-5-14(17)13(16)8-12/h4-5,8,10-11,15,18H,6-7,9H2,1-3H3. The Morgan fingerprint density at radius 1 is 1.47 bits per heavy atom. The molecule has 0 radical (unpaired) electrons. The molecule has 0 bridgehead atoms. The molecule has 1 N–H and O–H groups in total. The molecular weight excluding hydrogens is 263 g/mol. The van der Waals surface area contributed by atoms with Crippen molar-refractivity contribution in [1.82, 2.24) is 10.2 Å². The predicted molar refractivity (Wildman–Crippen MR) is 78.0 cm³/mol. The summed E-state index contributed by atoms with van der Waals surface area (Å²) in [6.07, 6.45) is 1.15. The minimum absolute atomic E-state index is 0.189. The van der Waals surface area contributed by atoms with Crippen molar-refractivity contribution in [2.24, 2.45) is 5.92 Å². The highest BCUT2D eigenvalue weighted by atomic mass is 35.5. The van der Waals surface area contributed by atoms with Crippen molar-refractivity contribution in [1.29, 1.82) is 0 Å². The van der Waals surface area contributed by atoms with Gasteiger partial charge in [0, 0.05) is 18.6 Å². The van der Waals surface area contributed by atoms with E-state index in [4.69, 9.17) is 11.6 Å². The Kier molecular flexibility index (Phi) is 4.82. The Bertz CT molecular complexity index is 438. The van der Waals surface area contributed by atoms with Gasteiger partial charge >= 0.3 is 0 Å². The second-order valence-electron chi connectivity index (χ2n) is 5.70. The van der Waals surface area contributed by atoms with E-state index in [1.54, 1.807) is 12.1 Å². The van der Waals surface area contributed by atoms with Crippen LogP contribution in [0.1, 0.15) is 31.9 Å². The van der Waals surface area contributed by atoms with Gasteiger partial charge < -0.3 is 10.2 Å². The van der Waals surface area contributed by atoms with E-state index in [2.05, 4.69) is 31.1 Å². The number of halogens is 2. The lowest BCUT2D eigenvalue weighted by Crippen LogP contribution is -2.47. The van der Waals surface area contributed by atoms with Gasteiger partial charge in [-0.15, -0.1) is 0 Å². The number of nitrogens with zero attached hydrogens (tertiary/aromatic N) is 1. The van der Waals surface area contributed by atoms with Crippen LogP contribution in [0.25, 0.3) is 0 Å². The number of likely N-dealkylation sites (tertiary alicyclic amines) is 1. The van der Waals surface area contributed by atoms with Gasteiger partial charge in [-0.1, -0.05) is 24.6 Å². The first kappa shape index (κ1) is 14.8. The molecule has 3 atom stereocenters. The topological polar surface area (TPSA) is 15.3 Å². The maximum atomic E-state index is 13.2. The Labute approximate surface area is 119 Å². The molecule has 0 saturated carbocycles. The average Bonchev–Trinajstić information content (AvgIpc) is 2.36. The highest BCUT2D eigenvalue weighted by Gasteiger charge is 2.25. The number of piperidine rings is 1. The molecule has 0 amide bonds. The SMILES string of the molecule is CC(NC1CCN(C)CC1C)c1ccc(F)c(Cl)c1. The van der Waals surface area contributed by atoms with E-state index in [9.17, 15) is 4.39 Å². The summed E-state index contributed by atoms with van der Waals surface area (Å²) in [5.74, 6) is 0.266. The van der Waals surface area contributed by atoms with Crippen LogP contribution in [0.2, 0.25) is 5.02 Å². The third kappa shape index (κ3) is 3.68. The number of benzene rings is 1. The molecule has 0 spiro atoms. The van der Waals surface area contributed by atoms with Crippen LogP contribution in [0.3, 0.4) is 0 Å². The fourth-order valence-corrected chi connectivity index (χ4v) is 2.99. The van der Waals surface area contributed by atoms with Gasteiger partial charge in [0.2, 0.25) is 0 Å². The molecule has 2 rings (SSSR count). The zero-order chi connectivity index (χ0) is 14.0. The molecule has 19 heavy (non-hydrogen) atoms. The molecule has 1 aliphatic heterocycles. The second kappa shape index (κ2) is 6.21. The first-order valence-corrected chi connectivity index (χ1v) is 7.24. The van der Waals surface area contributed by atoms with Crippen molar-refractivity contribution >= 4 is 11.6 Å². The van der Waals surface area contributed by atoms with Crippen LogP contribution in [0.15, 0.2) is 18.2 Å². The lowest BCUT2D eigenvalue weighted by atomic mass is 9.93. The molecule has 2 nitrogen and oxygen atoms in total. The van der Waals surface area contributed by atoms with E-state index in [1.165, 1.54) is 6.07 Å². The molecule has 1 aromatic rings. The summed E-state index contributed by atoms with van der Waals surface area (Å²) in [5, 5.41) is 3.84. The van der Waals surface area contributed by atoms with Crippen molar-refractivity contribution in [2.45, 2.75) is 32.4 Å². The lowest BCUT2D eigenvalue weighted by molar-refractivity contribution is 0.168. The number of hydrogen-bond acceptors (Lipinski definition) is 2. The number of rotatable bonds is 3. The van der Waals surface area contributed by atoms with Crippen LogP contribution in [-0.4, -0.2) is 31.1 Å². The van der Waals surface area contributed by atoms with Gasteiger partial charge in [0.1, 0.15) is 5.82 Å². The van der Waals surface area contributed by atoms with Gasteiger partial charge in [-0.2, -0.15) is 0 Å². The van der Waals surface area contributed by atoms with E-state index in [1.807, 2.05) is 0 Å². The van der Waals surface area contributed by atoms with Crippen LogP contribution in [0.4, 0.5) is 4.39 Å². The maximum Gasteiger partial charge on any atom is 0.141 e. The van der Waals surface area contributed by atoms with E-state index in [0.29, 0.717) is 12.0 Å². The van der Waals surface area contributed by atoms with E-state index < -0.39 is 0 Å². The minimum Gasteiger partial charge on any atom is -0.307 e. The summed E-state index contributed by atoms with van der Waals surface area (Å²) in [5.41, 5.74) is 1.04. The first-order valence-electron chi connectivity index (χ1n) is 6.87. The maximum absolute atomic E-state index is 13.2. The molecule has 1 aromatic carbocycles. The molecule has 4 heteroatoms. The summed E-state index contributed by atoms with van der Waals surface area (Å²) >= 11 is 5.84. The summed E-state index contributed by atoms with van der Waals surface area (Å²) in [6.45, 7) is 6.62. The Morgan fingerprint density at radius 3 is 2.84 bits per heavy atom. The quantitative estimate of drug-likeness (QED) is 0.914. The van der Waals surface area contributed by atoms with Crippen molar-refractivity contribution in [3.05, 3.63) is 34.6 Å². The summed E-state index contributed by atoms with van der Waals surface area (Å²) in [7, 11) is 2.16. The Morgan fingerprint density at radius 2 is 2.21 bits per heavy atom. The summed E-state index contributed by atoms with van der Waals surface area (Å²) in [6, 6.07) is 5.66. The Hall–Kier alpha value is -0.640. The average molecular weight is 285 g/mol. The van der Waals surface area contributed by atoms with E-state index >= 15 is 0 Å².